The smallest absolute Gasteiger partial charge is 0.235 e. The average Bonchev–Trinajstić information content (AvgIpc) is 2.55. The fourth-order valence-electron chi connectivity index (χ4n) is 2.25. The van der Waals surface area contributed by atoms with Gasteiger partial charge in [0.25, 0.3) is 0 Å². The Balaban J connectivity index is 2.34. The molecule has 0 aliphatic rings. The number of methoxy groups -OCH3 is 2. The summed E-state index contributed by atoms with van der Waals surface area (Å²) < 4.78 is 16.3. The Morgan fingerprint density at radius 1 is 0.952 bits per heavy atom. The second-order valence-electron chi connectivity index (χ2n) is 4.52. The zero-order valence-electron chi connectivity index (χ0n) is 11.8. The topological polar surface area (TPSA) is 48.7 Å². The Kier molecular flexibility index (Phi) is 3.36. The Morgan fingerprint density at radius 2 is 1.71 bits per heavy atom. The van der Waals surface area contributed by atoms with Crippen molar-refractivity contribution >= 4 is 11.0 Å². The van der Waals surface area contributed by atoms with Crippen LogP contribution in [0.2, 0.25) is 0 Å². The summed E-state index contributed by atoms with van der Waals surface area (Å²) in [5, 5.41) is 0.436. The van der Waals surface area contributed by atoms with Crippen molar-refractivity contribution in [1.29, 1.82) is 0 Å². The highest BCUT2D eigenvalue weighted by Gasteiger charge is 2.17. The number of benzene rings is 2. The van der Waals surface area contributed by atoms with Crippen LogP contribution in [0.4, 0.5) is 0 Å². The molecule has 0 saturated heterocycles. The van der Waals surface area contributed by atoms with Crippen molar-refractivity contribution in [3.63, 3.8) is 0 Å². The molecule has 106 valence electrons. The van der Waals surface area contributed by atoms with E-state index in [1.165, 1.54) is 7.11 Å². The molecule has 0 amide bonds. The maximum absolute atomic E-state index is 12.6. The van der Waals surface area contributed by atoms with Crippen LogP contribution in [-0.2, 0) is 0 Å². The lowest BCUT2D eigenvalue weighted by Gasteiger charge is -2.09. The van der Waals surface area contributed by atoms with Crippen LogP contribution in [0, 0.1) is 0 Å². The highest BCUT2D eigenvalue weighted by molar-refractivity contribution is 5.83. The van der Waals surface area contributed by atoms with Gasteiger partial charge in [0.2, 0.25) is 11.2 Å². The van der Waals surface area contributed by atoms with Gasteiger partial charge < -0.3 is 13.9 Å². The van der Waals surface area contributed by atoms with Gasteiger partial charge in [-0.15, -0.1) is 0 Å². The zero-order chi connectivity index (χ0) is 14.8. The Labute approximate surface area is 121 Å². The Bertz CT molecular complexity index is 835. The van der Waals surface area contributed by atoms with E-state index < -0.39 is 0 Å². The Morgan fingerprint density at radius 3 is 2.38 bits per heavy atom. The van der Waals surface area contributed by atoms with Gasteiger partial charge >= 0.3 is 0 Å². The quantitative estimate of drug-likeness (QED) is 0.738. The van der Waals surface area contributed by atoms with Gasteiger partial charge in [-0.05, 0) is 18.2 Å². The maximum atomic E-state index is 12.6. The molecule has 4 nitrogen and oxygen atoms in total. The average molecular weight is 282 g/mol. The zero-order valence-corrected chi connectivity index (χ0v) is 11.8. The SMILES string of the molecule is COc1ccc2oc(-c3ccccc3)c(OC)c(=O)c2c1. The van der Waals surface area contributed by atoms with Crippen LogP contribution in [-0.4, -0.2) is 14.2 Å². The molecular formula is C17H14O4. The Hall–Kier alpha value is -2.75. The molecule has 1 aromatic heterocycles. The van der Waals surface area contributed by atoms with Crippen LogP contribution in [0.3, 0.4) is 0 Å². The molecule has 0 fully saturated rings. The van der Waals surface area contributed by atoms with Gasteiger partial charge in [0.1, 0.15) is 11.3 Å². The van der Waals surface area contributed by atoms with Gasteiger partial charge in [0, 0.05) is 5.56 Å². The van der Waals surface area contributed by atoms with Gasteiger partial charge in [0.15, 0.2) is 5.76 Å². The van der Waals surface area contributed by atoms with E-state index in [1.807, 2.05) is 30.3 Å². The first kappa shape index (κ1) is 13.2. The van der Waals surface area contributed by atoms with Crippen LogP contribution in [0.1, 0.15) is 0 Å². The van der Waals surface area contributed by atoms with Crippen LogP contribution >= 0.6 is 0 Å². The molecule has 3 aromatic rings. The van der Waals surface area contributed by atoms with E-state index >= 15 is 0 Å². The summed E-state index contributed by atoms with van der Waals surface area (Å²) in [4.78, 5) is 12.6. The van der Waals surface area contributed by atoms with Gasteiger partial charge in [-0.25, -0.2) is 0 Å². The lowest BCUT2D eigenvalue weighted by Crippen LogP contribution is -2.07. The molecule has 0 N–H and O–H groups in total. The highest BCUT2D eigenvalue weighted by Crippen LogP contribution is 2.31. The summed E-state index contributed by atoms with van der Waals surface area (Å²) in [7, 11) is 3.02. The fraction of sp³-hybridized carbons (Fsp3) is 0.118. The minimum Gasteiger partial charge on any atom is -0.497 e. The first-order valence-corrected chi connectivity index (χ1v) is 6.49. The molecule has 0 bridgehead atoms. The van der Waals surface area contributed by atoms with Crippen molar-refractivity contribution in [2.75, 3.05) is 14.2 Å². The molecule has 3 rings (SSSR count). The summed E-state index contributed by atoms with van der Waals surface area (Å²) in [6.45, 7) is 0. The molecule has 1 heterocycles. The fourth-order valence-corrected chi connectivity index (χ4v) is 2.25. The molecular weight excluding hydrogens is 268 g/mol. The van der Waals surface area contributed by atoms with Gasteiger partial charge in [-0.3, -0.25) is 4.79 Å². The van der Waals surface area contributed by atoms with Crippen molar-refractivity contribution in [3.8, 4) is 22.8 Å². The summed E-state index contributed by atoms with van der Waals surface area (Å²) in [6, 6.07) is 14.5. The summed E-state index contributed by atoms with van der Waals surface area (Å²) >= 11 is 0. The molecule has 21 heavy (non-hydrogen) atoms. The predicted molar refractivity (Wildman–Crippen MR) is 81.0 cm³/mol. The van der Waals surface area contributed by atoms with Crippen molar-refractivity contribution in [1.82, 2.24) is 0 Å². The van der Waals surface area contributed by atoms with E-state index in [1.54, 1.807) is 25.3 Å². The van der Waals surface area contributed by atoms with E-state index in [0.29, 0.717) is 22.5 Å². The number of rotatable bonds is 3. The first-order valence-electron chi connectivity index (χ1n) is 6.49. The van der Waals surface area contributed by atoms with Crippen LogP contribution < -0.4 is 14.9 Å². The van der Waals surface area contributed by atoms with Gasteiger partial charge in [-0.2, -0.15) is 0 Å². The van der Waals surface area contributed by atoms with E-state index in [-0.39, 0.29) is 11.2 Å². The molecule has 0 aliphatic heterocycles. The van der Waals surface area contributed by atoms with E-state index in [9.17, 15) is 4.79 Å². The van der Waals surface area contributed by atoms with E-state index in [4.69, 9.17) is 13.9 Å². The third kappa shape index (κ3) is 2.25. The monoisotopic (exact) mass is 282 g/mol. The summed E-state index contributed by atoms with van der Waals surface area (Å²) in [5.41, 5.74) is 1.08. The standard InChI is InChI=1S/C17H14O4/c1-19-12-8-9-14-13(10-12)15(18)17(20-2)16(21-14)11-6-4-3-5-7-11/h3-10H,1-2H3. The lowest BCUT2D eigenvalue weighted by atomic mass is 10.1. The minimum absolute atomic E-state index is 0.196. The van der Waals surface area contributed by atoms with E-state index in [0.717, 1.165) is 5.56 Å². The van der Waals surface area contributed by atoms with E-state index in [2.05, 4.69) is 0 Å². The summed E-state index contributed by atoms with van der Waals surface area (Å²) in [6.07, 6.45) is 0. The molecule has 0 saturated carbocycles. The molecule has 4 heteroatoms. The number of fused-ring (bicyclic) bond motifs is 1. The van der Waals surface area contributed by atoms with Crippen molar-refractivity contribution in [2.45, 2.75) is 0 Å². The third-order valence-electron chi connectivity index (χ3n) is 3.30. The maximum Gasteiger partial charge on any atom is 0.235 e. The van der Waals surface area contributed by atoms with Crippen molar-refractivity contribution < 1.29 is 13.9 Å². The molecule has 0 radical (unpaired) electrons. The van der Waals surface area contributed by atoms with Gasteiger partial charge in [0.05, 0.1) is 19.6 Å². The molecule has 2 aromatic carbocycles. The summed E-state index contributed by atoms with van der Waals surface area (Å²) in [5.74, 6) is 1.23. The van der Waals surface area contributed by atoms with Crippen molar-refractivity contribution in [3.05, 3.63) is 58.8 Å². The molecule has 0 aliphatic carbocycles. The molecule has 0 atom stereocenters. The van der Waals surface area contributed by atoms with Crippen LogP contribution in [0.15, 0.2) is 57.7 Å². The van der Waals surface area contributed by atoms with Crippen LogP contribution in [0.5, 0.6) is 11.5 Å². The van der Waals surface area contributed by atoms with Crippen molar-refractivity contribution in [2.24, 2.45) is 0 Å². The van der Waals surface area contributed by atoms with Crippen LogP contribution in [0.25, 0.3) is 22.3 Å². The highest BCUT2D eigenvalue weighted by atomic mass is 16.5. The predicted octanol–water partition coefficient (Wildman–Crippen LogP) is 3.48. The normalized spacial score (nSPS) is 10.6. The second-order valence-corrected chi connectivity index (χ2v) is 4.52. The molecule has 0 spiro atoms. The second kappa shape index (κ2) is 5.32. The lowest BCUT2D eigenvalue weighted by molar-refractivity contribution is 0.398. The third-order valence-corrected chi connectivity index (χ3v) is 3.30. The number of hydrogen-bond donors (Lipinski definition) is 0. The molecule has 0 unspecified atom stereocenters. The minimum atomic E-state index is -0.212. The largest absolute Gasteiger partial charge is 0.497 e. The van der Waals surface area contributed by atoms with Gasteiger partial charge in [-0.1, -0.05) is 30.3 Å². The number of ether oxygens (including phenoxy) is 2. The first-order chi connectivity index (χ1) is 10.2. The number of hydrogen-bond acceptors (Lipinski definition) is 4.